The van der Waals surface area contributed by atoms with Crippen LogP contribution in [-0.4, -0.2) is 12.6 Å². The first-order valence-electron chi connectivity index (χ1n) is 14.0. The first-order chi connectivity index (χ1) is 18.1. The molecule has 198 valence electrons. The summed E-state index contributed by atoms with van der Waals surface area (Å²) in [6, 6.07) is 20.6. The highest BCUT2D eigenvalue weighted by molar-refractivity contribution is 5.94. The van der Waals surface area contributed by atoms with E-state index in [1.54, 1.807) is 18.2 Å². The Labute approximate surface area is 222 Å². The molecule has 0 aliphatic heterocycles. The minimum Gasteiger partial charge on any atom is -0.293 e. The van der Waals surface area contributed by atoms with Crippen molar-refractivity contribution in [3.63, 3.8) is 0 Å². The molecule has 4 heteroatoms. The summed E-state index contributed by atoms with van der Waals surface area (Å²) < 4.78 is 15.4. The molecule has 3 aromatic rings. The Morgan fingerprint density at radius 3 is 2.08 bits per heavy atom. The quantitative estimate of drug-likeness (QED) is 0.111. The maximum absolute atomic E-state index is 15.4. The van der Waals surface area contributed by atoms with Gasteiger partial charge in [-0.2, -0.15) is 4.89 Å². The summed E-state index contributed by atoms with van der Waals surface area (Å²) in [5, 5.41) is 0. The smallest absolute Gasteiger partial charge is 0.293 e. The van der Waals surface area contributed by atoms with Crippen molar-refractivity contribution < 1.29 is 19.0 Å². The maximum Gasteiger partial charge on any atom is 0.373 e. The van der Waals surface area contributed by atoms with Gasteiger partial charge in [0.25, 0.3) is 0 Å². The number of hydrogen-bond donors (Lipinski definition) is 0. The van der Waals surface area contributed by atoms with Gasteiger partial charge in [-0.3, -0.25) is 4.89 Å². The Kier molecular flexibility index (Phi) is 12.4. The normalized spacial score (nSPS) is 11.0. The summed E-state index contributed by atoms with van der Waals surface area (Å²) >= 11 is 0. The zero-order chi connectivity index (χ0) is 26.3. The maximum atomic E-state index is 15.4. The molecule has 3 aromatic carbocycles. The summed E-state index contributed by atoms with van der Waals surface area (Å²) in [6.07, 6.45) is 12.2. The van der Waals surface area contributed by atoms with Crippen molar-refractivity contribution in [3.8, 4) is 22.3 Å². The van der Waals surface area contributed by atoms with Gasteiger partial charge in [0, 0.05) is 5.56 Å². The van der Waals surface area contributed by atoms with Gasteiger partial charge in [-0.25, -0.2) is 9.18 Å². The monoisotopic (exact) mass is 504 g/mol. The van der Waals surface area contributed by atoms with Crippen LogP contribution in [0, 0.1) is 5.82 Å². The third-order valence-electron chi connectivity index (χ3n) is 6.70. The van der Waals surface area contributed by atoms with Gasteiger partial charge in [0.1, 0.15) is 5.82 Å². The Balaban J connectivity index is 1.76. The van der Waals surface area contributed by atoms with Crippen LogP contribution in [0.15, 0.2) is 66.7 Å². The van der Waals surface area contributed by atoms with E-state index in [1.165, 1.54) is 38.5 Å². The van der Waals surface area contributed by atoms with Crippen LogP contribution in [0.4, 0.5) is 4.39 Å². The van der Waals surface area contributed by atoms with Crippen LogP contribution in [-0.2, 0) is 16.2 Å². The Morgan fingerprint density at radius 1 is 0.703 bits per heavy atom. The fourth-order valence-electron chi connectivity index (χ4n) is 4.54. The van der Waals surface area contributed by atoms with Crippen LogP contribution >= 0.6 is 0 Å². The molecule has 3 nitrogen and oxygen atoms in total. The first-order valence-corrected chi connectivity index (χ1v) is 14.0. The number of aryl methyl sites for hydroxylation is 1. The molecule has 0 amide bonds. The van der Waals surface area contributed by atoms with Gasteiger partial charge in [0.2, 0.25) is 0 Å². The van der Waals surface area contributed by atoms with Gasteiger partial charge in [-0.1, -0.05) is 114 Å². The van der Waals surface area contributed by atoms with Crippen molar-refractivity contribution in [2.45, 2.75) is 84.5 Å². The third kappa shape index (κ3) is 9.12. The molecular weight excluding hydrogens is 463 g/mol. The first kappa shape index (κ1) is 28.6. The molecular formula is C33H41FO3. The number of carbonyl (C=O) groups is 1. The highest BCUT2D eigenvalue weighted by Crippen LogP contribution is 2.35. The van der Waals surface area contributed by atoms with Crippen molar-refractivity contribution in [1.29, 1.82) is 0 Å². The summed E-state index contributed by atoms with van der Waals surface area (Å²) in [7, 11) is 0. The summed E-state index contributed by atoms with van der Waals surface area (Å²) in [4.78, 5) is 22.9. The lowest BCUT2D eigenvalue weighted by atomic mass is 9.91. The molecule has 0 aliphatic carbocycles. The zero-order valence-corrected chi connectivity index (χ0v) is 22.4. The molecule has 0 unspecified atom stereocenters. The molecule has 0 heterocycles. The van der Waals surface area contributed by atoms with E-state index in [0.717, 1.165) is 48.8 Å². The predicted octanol–water partition coefficient (Wildman–Crippen LogP) is 9.73. The van der Waals surface area contributed by atoms with Crippen LogP contribution in [0.2, 0.25) is 0 Å². The van der Waals surface area contributed by atoms with E-state index < -0.39 is 5.97 Å². The molecule has 3 rings (SSSR count). The summed E-state index contributed by atoms with van der Waals surface area (Å²) in [6.45, 7) is 4.75. The van der Waals surface area contributed by atoms with E-state index in [0.29, 0.717) is 23.3 Å². The lowest BCUT2D eigenvalue weighted by Gasteiger charge is -2.14. The van der Waals surface area contributed by atoms with Crippen LogP contribution in [0.5, 0.6) is 0 Å². The fraction of sp³-hybridized carbons (Fsp3) is 0.424. The molecule has 0 aliphatic rings. The Morgan fingerprint density at radius 2 is 1.38 bits per heavy atom. The highest BCUT2D eigenvalue weighted by Gasteiger charge is 2.17. The number of benzene rings is 3. The van der Waals surface area contributed by atoms with E-state index in [2.05, 4.69) is 13.8 Å². The van der Waals surface area contributed by atoms with Crippen LogP contribution < -0.4 is 0 Å². The van der Waals surface area contributed by atoms with E-state index in [4.69, 9.17) is 9.78 Å². The lowest BCUT2D eigenvalue weighted by Crippen LogP contribution is -2.07. The molecule has 37 heavy (non-hydrogen) atoms. The average molecular weight is 505 g/mol. The minimum atomic E-state index is -0.571. The molecule has 0 aromatic heterocycles. The van der Waals surface area contributed by atoms with E-state index in [-0.39, 0.29) is 5.82 Å². The standard InChI is InChI=1S/C33H41FO3/c1-3-5-7-9-12-16-26-19-21-30(32(34)24-26)31-25-28(20-22-29(31)27-17-13-11-14-18-27)33(35)37-36-23-15-10-8-6-4-2/h11,13-14,17-22,24-25H,3-10,12,15-16,23H2,1-2H3. The minimum absolute atomic E-state index is 0.280. The van der Waals surface area contributed by atoms with Crippen LogP contribution in [0.1, 0.15) is 94.0 Å². The van der Waals surface area contributed by atoms with Gasteiger partial charge >= 0.3 is 5.97 Å². The van der Waals surface area contributed by atoms with Gasteiger partial charge in [-0.05, 0) is 59.7 Å². The number of unbranched alkanes of at least 4 members (excludes halogenated alkanes) is 8. The van der Waals surface area contributed by atoms with Crippen molar-refractivity contribution in [2.75, 3.05) is 6.61 Å². The Hall–Kier alpha value is -2.98. The van der Waals surface area contributed by atoms with Gasteiger partial charge in [0.15, 0.2) is 0 Å². The second-order valence-electron chi connectivity index (χ2n) is 9.71. The van der Waals surface area contributed by atoms with Gasteiger partial charge in [-0.15, -0.1) is 0 Å². The summed E-state index contributed by atoms with van der Waals surface area (Å²) in [5.74, 6) is -0.851. The van der Waals surface area contributed by atoms with E-state index in [1.807, 2.05) is 48.5 Å². The van der Waals surface area contributed by atoms with Gasteiger partial charge < -0.3 is 0 Å². The Bertz CT molecular complexity index is 1090. The second-order valence-corrected chi connectivity index (χ2v) is 9.71. The molecule has 0 saturated heterocycles. The number of hydrogen-bond acceptors (Lipinski definition) is 3. The second kappa shape index (κ2) is 16.0. The van der Waals surface area contributed by atoms with Crippen molar-refractivity contribution in [2.24, 2.45) is 0 Å². The molecule has 0 saturated carbocycles. The molecule has 0 radical (unpaired) electrons. The summed E-state index contributed by atoms with van der Waals surface area (Å²) in [5.41, 5.74) is 4.29. The largest absolute Gasteiger partial charge is 0.373 e. The number of halogens is 1. The molecule has 0 N–H and O–H groups in total. The van der Waals surface area contributed by atoms with Crippen LogP contribution in [0.25, 0.3) is 22.3 Å². The zero-order valence-electron chi connectivity index (χ0n) is 22.4. The SMILES string of the molecule is CCCCCCCOOC(=O)c1ccc(-c2ccccc2)c(-c2ccc(CCCCCCC)cc2F)c1. The van der Waals surface area contributed by atoms with Crippen LogP contribution in [0.3, 0.4) is 0 Å². The fourth-order valence-corrected chi connectivity index (χ4v) is 4.54. The third-order valence-corrected chi connectivity index (χ3v) is 6.70. The van der Waals surface area contributed by atoms with Crippen molar-refractivity contribution >= 4 is 5.97 Å². The average Bonchev–Trinajstić information content (AvgIpc) is 2.92. The molecule has 0 spiro atoms. The van der Waals surface area contributed by atoms with E-state index >= 15 is 4.39 Å². The number of carbonyl (C=O) groups excluding carboxylic acids is 1. The topological polar surface area (TPSA) is 35.5 Å². The molecule has 0 atom stereocenters. The molecule has 0 fully saturated rings. The number of rotatable bonds is 16. The predicted molar refractivity (Wildman–Crippen MR) is 150 cm³/mol. The highest BCUT2D eigenvalue weighted by atomic mass is 19.1. The molecule has 0 bridgehead atoms. The van der Waals surface area contributed by atoms with Crippen molar-refractivity contribution in [1.82, 2.24) is 0 Å². The lowest BCUT2D eigenvalue weighted by molar-refractivity contribution is -0.241. The van der Waals surface area contributed by atoms with Gasteiger partial charge in [0.05, 0.1) is 12.2 Å². The van der Waals surface area contributed by atoms with Crippen molar-refractivity contribution in [3.05, 3.63) is 83.7 Å². The van der Waals surface area contributed by atoms with E-state index in [9.17, 15) is 4.79 Å².